The molecule has 0 saturated heterocycles. The summed E-state index contributed by atoms with van der Waals surface area (Å²) in [7, 11) is 1.52. The van der Waals surface area contributed by atoms with E-state index in [0.29, 0.717) is 17.7 Å². The number of hydrogen-bond donors (Lipinski definition) is 1. The van der Waals surface area contributed by atoms with Crippen LogP contribution < -0.4 is 10.1 Å². The van der Waals surface area contributed by atoms with Gasteiger partial charge in [-0.1, -0.05) is 12.1 Å². The van der Waals surface area contributed by atoms with Gasteiger partial charge in [-0.05, 0) is 37.5 Å². The van der Waals surface area contributed by atoms with E-state index in [4.69, 9.17) is 9.15 Å². The highest BCUT2D eigenvalue weighted by Crippen LogP contribution is 2.32. The molecule has 1 amide bonds. The van der Waals surface area contributed by atoms with E-state index >= 15 is 0 Å². The number of aromatic nitrogens is 3. The van der Waals surface area contributed by atoms with Crippen LogP contribution in [0.15, 0.2) is 40.1 Å². The molecule has 1 N–H and O–H groups in total. The molecule has 0 aliphatic carbocycles. The quantitative estimate of drug-likeness (QED) is 0.549. The second-order valence-electron chi connectivity index (χ2n) is 6.26. The Kier molecular flexibility index (Phi) is 5.49. The van der Waals surface area contributed by atoms with Crippen molar-refractivity contribution < 1.29 is 13.9 Å². The molecule has 2 heterocycles. The van der Waals surface area contributed by atoms with Gasteiger partial charge in [-0.2, -0.15) is 0 Å². The van der Waals surface area contributed by atoms with Crippen LogP contribution in [0, 0.1) is 20.8 Å². The number of rotatable bonds is 4. The van der Waals surface area contributed by atoms with E-state index in [1.165, 1.54) is 13.3 Å². The summed E-state index contributed by atoms with van der Waals surface area (Å²) in [6.07, 6.45) is 4.80. The first kappa shape index (κ1) is 19.2. The molecule has 3 aromatic rings. The molecule has 0 unspecified atom stereocenters. The molecule has 1 aromatic carbocycles. The maximum absolute atomic E-state index is 12.2. The monoisotopic (exact) mass is 379 g/mol. The Labute approximate surface area is 162 Å². The second kappa shape index (κ2) is 7.99. The third-order valence-electron chi connectivity index (χ3n) is 4.17. The number of nitrogens with one attached hydrogen (secondary N) is 1. The minimum absolute atomic E-state index is 0.143. The maximum atomic E-state index is 12.2. The van der Waals surface area contributed by atoms with Gasteiger partial charge in [-0.25, -0.2) is 19.9 Å². The van der Waals surface area contributed by atoms with Gasteiger partial charge in [0.05, 0.1) is 19.0 Å². The zero-order valence-corrected chi connectivity index (χ0v) is 16.4. The number of carbonyl (C=O) groups excluding carboxylic acids is 1. The first-order valence-electron chi connectivity index (χ1n) is 8.64. The Balaban J connectivity index is 1.90. The van der Waals surface area contributed by atoms with Crippen LogP contribution in [0.1, 0.15) is 34.5 Å². The fourth-order valence-corrected chi connectivity index (χ4v) is 2.77. The number of amides is 1. The van der Waals surface area contributed by atoms with Crippen molar-refractivity contribution >= 4 is 17.4 Å². The van der Waals surface area contributed by atoms with Crippen LogP contribution >= 0.6 is 0 Å². The van der Waals surface area contributed by atoms with Gasteiger partial charge in [0, 0.05) is 24.9 Å². The maximum Gasteiger partial charge on any atom is 0.316 e. The van der Waals surface area contributed by atoms with Crippen LogP contribution in [0.3, 0.4) is 0 Å². The van der Waals surface area contributed by atoms with Crippen molar-refractivity contribution in [3.05, 3.63) is 53.5 Å². The lowest BCUT2D eigenvalue weighted by Crippen LogP contribution is -2.27. The summed E-state index contributed by atoms with van der Waals surface area (Å²) in [5.41, 5.74) is 4.53. The third kappa shape index (κ3) is 4.06. The number of benzene rings is 1. The molecule has 0 saturated carbocycles. The molecule has 3 rings (SSSR count). The van der Waals surface area contributed by atoms with Crippen molar-refractivity contribution in [2.75, 3.05) is 7.11 Å². The second-order valence-corrected chi connectivity index (χ2v) is 6.26. The molecule has 0 aliphatic rings. The number of carbonyl (C=O) groups is 1. The molecule has 28 heavy (non-hydrogen) atoms. The molecule has 8 nitrogen and oxygen atoms in total. The highest BCUT2D eigenvalue weighted by atomic mass is 16.5. The first-order valence-corrected chi connectivity index (χ1v) is 8.64. The molecular weight excluding hydrogens is 358 g/mol. The molecule has 2 aromatic heterocycles. The van der Waals surface area contributed by atoms with Gasteiger partial charge in [0.15, 0.2) is 5.89 Å². The van der Waals surface area contributed by atoms with Crippen LogP contribution in [0.4, 0.5) is 5.69 Å². The van der Waals surface area contributed by atoms with Crippen LogP contribution in [-0.4, -0.2) is 33.8 Å². The summed E-state index contributed by atoms with van der Waals surface area (Å²) in [6, 6.07) is 4.29. The predicted molar refractivity (Wildman–Crippen MR) is 105 cm³/mol. The molecule has 0 aliphatic heterocycles. The minimum Gasteiger partial charge on any atom is -0.467 e. The SMILES string of the molecule is COc1ncc(-c2ccc(C)c(/N=C(\C)NC(=O)c3cnc(C)o3)c2C)cn1. The van der Waals surface area contributed by atoms with Gasteiger partial charge >= 0.3 is 6.01 Å². The number of methoxy groups -OCH3 is 1. The Morgan fingerprint density at radius 2 is 1.82 bits per heavy atom. The molecule has 144 valence electrons. The Hall–Kier alpha value is -3.55. The number of amidine groups is 1. The van der Waals surface area contributed by atoms with Gasteiger partial charge in [0.2, 0.25) is 5.76 Å². The van der Waals surface area contributed by atoms with Gasteiger partial charge in [-0.3, -0.25) is 4.79 Å². The molecular formula is C20H21N5O3. The van der Waals surface area contributed by atoms with E-state index in [9.17, 15) is 4.79 Å². The van der Waals surface area contributed by atoms with Crippen LogP contribution in [0.25, 0.3) is 11.1 Å². The highest BCUT2D eigenvalue weighted by molar-refractivity contribution is 6.04. The minimum atomic E-state index is -0.392. The van der Waals surface area contributed by atoms with E-state index in [-0.39, 0.29) is 5.76 Å². The molecule has 0 fully saturated rings. The van der Waals surface area contributed by atoms with Crippen molar-refractivity contribution in [1.29, 1.82) is 0 Å². The fourth-order valence-electron chi connectivity index (χ4n) is 2.77. The highest BCUT2D eigenvalue weighted by Gasteiger charge is 2.14. The average molecular weight is 379 g/mol. The molecule has 0 spiro atoms. The lowest BCUT2D eigenvalue weighted by Gasteiger charge is -2.12. The van der Waals surface area contributed by atoms with Crippen LogP contribution in [0.5, 0.6) is 6.01 Å². The topological polar surface area (TPSA) is 102 Å². The lowest BCUT2D eigenvalue weighted by atomic mass is 9.98. The van der Waals surface area contributed by atoms with Crippen molar-refractivity contribution in [2.24, 2.45) is 4.99 Å². The lowest BCUT2D eigenvalue weighted by molar-refractivity contribution is 0.0948. The van der Waals surface area contributed by atoms with Gasteiger partial charge in [-0.15, -0.1) is 0 Å². The first-order chi connectivity index (χ1) is 13.4. The summed E-state index contributed by atoms with van der Waals surface area (Å²) >= 11 is 0. The zero-order valence-electron chi connectivity index (χ0n) is 16.4. The average Bonchev–Trinajstić information content (AvgIpc) is 3.12. The van der Waals surface area contributed by atoms with E-state index in [1.54, 1.807) is 26.2 Å². The predicted octanol–water partition coefficient (Wildman–Crippen LogP) is 3.55. The van der Waals surface area contributed by atoms with Crippen LogP contribution in [0.2, 0.25) is 0 Å². The normalized spacial score (nSPS) is 11.4. The van der Waals surface area contributed by atoms with E-state index in [0.717, 1.165) is 27.9 Å². The fraction of sp³-hybridized carbons (Fsp3) is 0.250. The van der Waals surface area contributed by atoms with Gasteiger partial charge in [0.25, 0.3) is 5.91 Å². The third-order valence-corrected chi connectivity index (χ3v) is 4.17. The smallest absolute Gasteiger partial charge is 0.316 e. The number of aryl methyl sites for hydroxylation is 2. The summed E-state index contributed by atoms with van der Waals surface area (Å²) in [6.45, 7) is 7.34. The van der Waals surface area contributed by atoms with Gasteiger partial charge < -0.3 is 14.5 Å². The molecule has 8 heteroatoms. The van der Waals surface area contributed by atoms with E-state index in [2.05, 4.69) is 25.3 Å². The van der Waals surface area contributed by atoms with E-state index in [1.807, 2.05) is 26.0 Å². The molecule has 0 atom stereocenters. The van der Waals surface area contributed by atoms with E-state index < -0.39 is 5.91 Å². The number of aliphatic imine (C=N–C) groups is 1. The Bertz CT molecular complexity index is 1040. The summed E-state index contributed by atoms with van der Waals surface area (Å²) in [5.74, 6) is 0.635. The largest absolute Gasteiger partial charge is 0.467 e. The summed E-state index contributed by atoms with van der Waals surface area (Å²) in [4.78, 5) is 29.1. The standard InChI is InChI=1S/C20H21N5O3/c1-11-6-7-16(15-8-22-20(27-5)23-9-15)12(2)18(11)24-13(3)25-19(26)17-10-21-14(4)28-17/h6-10H,1-5H3,(H,24,25,26). The van der Waals surface area contributed by atoms with Crippen molar-refractivity contribution in [1.82, 2.24) is 20.3 Å². The van der Waals surface area contributed by atoms with Gasteiger partial charge in [0.1, 0.15) is 5.84 Å². The molecule has 0 bridgehead atoms. The number of nitrogens with zero attached hydrogens (tertiary/aromatic N) is 4. The summed E-state index contributed by atoms with van der Waals surface area (Å²) in [5, 5.41) is 2.72. The number of oxazole rings is 1. The van der Waals surface area contributed by atoms with Crippen molar-refractivity contribution in [3.63, 3.8) is 0 Å². The molecule has 0 radical (unpaired) electrons. The number of hydrogen-bond acceptors (Lipinski definition) is 7. The van der Waals surface area contributed by atoms with Crippen LogP contribution in [-0.2, 0) is 0 Å². The Morgan fingerprint density at radius 3 is 2.43 bits per heavy atom. The van der Waals surface area contributed by atoms with Crippen molar-refractivity contribution in [2.45, 2.75) is 27.7 Å². The summed E-state index contributed by atoms with van der Waals surface area (Å²) < 4.78 is 10.2. The number of ether oxygens (including phenoxy) is 1. The Morgan fingerprint density at radius 1 is 1.11 bits per heavy atom. The van der Waals surface area contributed by atoms with Crippen molar-refractivity contribution in [3.8, 4) is 17.1 Å². The zero-order chi connectivity index (χ0) is 20.3.